The van der Waals surface area contributed by atoms with E-state index in [-0.39, 0.29) is 12.6 Å². The molecule has 0 fully saturated rings. The van der Waals surface area contributed by atoms with E-state index in [1.165, 1.54) is 18.3 Å². The van der Waals surface area contributed by atoms with Crippen molar-refractivity contribution in [3.8, 4) is 17.0 Å². The van der Waals surface area contributed by atoms with E-state index in [9.17, 15) is 9.50 Å². The number of hydrogen-bond donors (Lipinski definition) is 2. The summed E-state index contributed by atoms with van der Waals surface area (Å²) in [6.07, 6.45) is 5.09. The zero-order valence-corrected chi connectivity index (χ0v) is 18.1. The summed E-state index contributed by atoms with van der Waals surface area (Å²) in [6, 6.07) is 4.64. The van der Waals surface area contributed by atoms with E-state index in [0.29, 0.717) is 22.0 Å². The fourth-order valence-electron chi connectivity index (χ4n) is 4.07. The molecule has 0 spiro atoms. The van der Waals surface area contributed by atoms with Crippen LogP contribution >= 0.6 is 11.6 Å². The van der Waals surface area contributed by atoms with Gasteiger partial charge in [-0.3, -0.25) is 9.67 Å². The van der Waals surface area contributed by atoms with Crippen molar-refractivity contribution in [3.63, 3.8) is 0 Å². The number of pyridine rings is 2. The maximum absolute atomic E-state index is 13.1. The van der Waals surface area contributed by atoms with E-state index in [1.807, 2.05) is 23.9 Å². The number of fused-ring (bicyclic) bond motifs is 2. The first-order valence-corrected chi connectivity index (χ1v) is 10.7. The Morgan fingerprint density at radius 3 is 3.00 bits per heavy atom. The largest absolute Gasteiger partial charge is 0.488 e. The van der Waals surface area contributed by atoms with Crippen LogP contribution in [0.4, 0.5) is 4.39 Å². The molecule has 0 aromatic carbocycles. The molecule has 2 unspecified atom stereocenters. The number of aryl methyl sites for hydroxylation is 1. The van der Waals surface area contributed by atoms with Crippen LogP contribution in [0.1, 0.15) is 29.5 Å². The normalized spacial score (nSPS) is 16.8. The number of aliphatic hydroxyl groups is 1. The van der Waals surface area contributed by atoms with Crippen LogP contribution in [0.5, 0.6) is 5.75 Å². The molecule has 1 aliphatic heterocycles. The number of nitrogens with zero attached hydrogens (tertiary/aromatic N) is 5. The lowest BCUT2D eigenvalue weighted by atomic mass is 10.0. The van der Waals surface area contributed by atoms with Crippen molar-refractivity contribution < 1.29 is 14.2 Å². The highest BCUT2D eigenvalue weighted by Gasteiger charge is 2.24. The molecule has 10 heteroatoms. The summed E-state index contributed by atoms with van der Waals surface area (Å²) in [5.74, 6) is -0.0188. The minimum absolute atomic E-state index is 0.0905. The molecule has 0 radical (unpaired) electrons. The van der Waals surface area contributed by atoms with Crippen LogP contribution in [0.3, 0.4) is 0 Å². The third kappa shape index (κ3) is 3.72. The molecule has 5 heterocycles. The van der Waals surface area contributed by atoms with Crippen molar-refractivity contribution in [1.29, 1.82) is 0 Å². The van der Waals surface area contributed by atoms with Crippen LogP contribution in [-0.2, 0) is 13.0 Å². The molecule has 0 saturated heterocycles. The molecule has 166 valence electrons. The zero-order chi connectivity index (χ0) is 22.4. The standard InChI is InChI=1S/C22H22ClFN6O2/c1-12-18-7-15(25)4-5-29(18)28-21(12)13-6-20(22-16(23)9-27-30(22)10-13)32-11-19(31)17-3-2-14(24)8-26-17/h2-3,6,8-10,15,19,31H,4-5,7,11,25H2,1H3. The molecule has 8 nitrogen and oxygen atoms in total. The number of aliphatic hydroxyl groups excluding tert-OH is 1. The molecule has 32 heavy (non-hydrogen) atoms. The van der Waals surface area contributed by atoms with Gasteiger partial charge in [-0.25, -0.2) is 8.91 Å². The monoisotopic (exact) mass is 456 g/mol. The van der Waals surface area contributed by atoms with Gasteiger partial charge in [-0.1, -0.05) is 11.6 Å². The molecule has 0 amide bonds. The van der Waals surface area contributed by atoms with Crippen LogP contribution < -0.4 is 10.5 Å². The van der Waals surface area contributed by atoms with Gasteiger partial charge in [0.25, 0.3) is 0 Å². The molecule has 3 N–H and O–H groups in total. The average Bonchev–Trinajstić information content (AvgIpc) is 3.32. The van der Waals surface area contributed by atoms with Gasteiger partial charge < -0.3 is 15.6 Å². The summed E-state index contributed by atoms with van der Waals surface area (Å²) >= 11 is 6.34. The summed E-state index contributed by atoms with van der Waals surface area (Å²) in [7, 11) is 0. The molecule has 5 rings (SSSR count). The Labute approximate surface area is 188 Å². The summed E-state index contributed by atoms with van der Waals surface area (Å²) in [6.45, 7) is 2.73. The Morgan fingerprint density at radius 2 is 2.22 bits per heavy atom. The summed E-state index contributed by atoms with van der Waals surface area (Å²) in [5, 5.41) is 20.0. The van der Waals surface area contributed by atoms with Gasteiger partial charge in [-0.05, 0) is 37.1 Å². The highest BCUT2D eigenvalue weighted by Crippen LogP contribution is 2.35. The Balaban J connectivity index is 1.49. The number of halogens is 2. The van der Waals surface area contributed by atoms with Crippen molar-refractivity contribution in [1.82, 2.24) is 24.4 Å². The maximum Gasteiger partial charge on any atom is 0.147 e. The quantitative estimate of drug-likeness (QED) is 0.478. The molecular formula is C22H22ClFN6O2. The second-order valence-electron chi connectivity index (χ2n) is 8.00. The van der Waals surface area contributed by atoms with E-state index in [2.05, 4.69) is 10.1 Å². The molecule has 0 aliphatic carbocycles. The first-order valence-electron chi connectivity index (χ1n) is 10.3. The fraction of sp³-hybridized carbons (Fsp3) is 0.318. The molecule has 4 aromatic heterocycles. The number of hydrogen-bond acceptors (Lipinski definition) is 6. The number of rotatable bonds is 5. The first kappa shape index (κ1) is 20.9. The summed E-state index contributed by atoms with van der Waals surface area (Å²) < 4.78 is 22.7. The maximum atomic E-state index is 13.1. The van der Waals surface area contributed by atoms with Gasteiger partial charge in [-0.2, -0.15) is 10.2 Å². The Morgan fingerprint density at radius 1 is 1.38 bits per heavy atom. The number of aromatic nitrogens is 5. The van der Waals surface area contributed by atoms with Gasteiger partial charge >= 0.3 is 0 Å². The molecule has 0 bridgehead atoms. The van der Waals surface area contributed by atoms with E-state index in [4.69, 9.17) is 27.2 Å². The third-order valence-corrected chi connectivity index (χ3v) is 6.06. The molecular weight excluding hydrogens is 435 g/mol. The molecule has 4 aromatic rings. The van der Waals surface area contributed by atoms with E-state index in [0.717, 1.165) is 48.1 Å². The van der Waals surface area contributed by atoms with Gasteiger partial charge in [0.1, 0.15) is 29.8 Å². The van der Waals surface area contributed by atoms with Gasteiger partial charge in [-0.15, -0.1) is 0 Å². The smallest absolute Gasteiger partial charge is 0.147 e. The summed E-state index contributed by atoms with van der Waals surface area (Å²) in [4.78, 5) is 3.91. The van der Waals surface area contributed by atoms with Crippen LogP contribution in [0.25, 0.3) is 16.8 Å². The highest BCUT2D eigenvalue weighted by molar-refractivity contribution is 6.34. The third-order valence-electron chi connectivity index (χ3n) is 5.78. The zero-order valence-electron chi connectivity index (χ0n) is 17.4. The Hall–Kier alpha value is -3.01. The summed E-state index contributed by atoms with van der Waals surface area (Å²) in [5.41, 5.74) is 10.9. The van der Waals surface area contributed by atoms with Crippen molar-refractivity contribution in [2.75, 3.05) is 6.61 Å². The van der Waals surface area contributed by atoms with E-state index >= 15 is 0 Å². The first-order chi connectivity index (χ1) is 15.4. The lowest BCUT2D eigenvalue weighted by Gasteiger charge is -2.19. The van der Waals surface area contributed by atoms with Crippen LogP contribution in [0.15, 0.2) is 36.8 Å². The van der Waals surface area contributed by atoms with Crippen molar-refractivity contribution in [2.45, 2.75) is 38.5 Å². The Bertz CT molecular complexity index is 1290. The second-order valence-corrected chi connectivity index (χ2v) is 8.41. The predicted octanol–water partition coefficient (Wildman–Crippen LogP) is 3.08. The molecule has 2 atom stereocenters. The minimum atomic E-state index is -1.04. The minimum Gasteiger partial charge on any atom is -0.488 e. The lowest BCUT2D eigenvalue weighted by molar-refractivity contribution is 0.105. The van der Waals surface area contributed by atoms with E-state index in [1.54, 1.807) is 4.52 Å². The topological polar surface area (TPSA) is 103 Å². The second kappa shape index (κ2) is 8.16. The highest BCUT2D eigenvalue weighted by atomic mass is 35.5. The van der Waals surface area contributed by atoms with Crippen LogP contribution in [-0.4, -0.2) is 42.1 Å². The Kier molecular flexibility index (Phi) is 5.32. The van der Waals surface area contributed by atoms with Crippen molar-refractivity contribution >= 4 is 17.1 Å². The van der Waals surface area contributed by atoms with Crippen LogP contribution in [0.2, 0.25) is 5.02 Å². The SMILES string of the molecule is Cc1c(-c2cc(OCC(O)c3ccc(F)cn3)c3c(Cl)cnn3c2)nn2c1CC(N)CC2. The van der Waals surface area contributed by atoms with Gasteiger partial charge in [0.15, 0.2) is 0 Å². The predicted molar refractivity (Wildman–Crippen MR) is 117 cm³/mol. The van der Waals surface area contributed by atoms with Gasteiger partial charge in [0.05, 0.1) is 28.8 Å². The van der Waals surface area contributed by atoms with Gasteiger partial charge in [0.2, 0.25) is 0 Å². The van der Waals surface area contributed by atoms with Gasteiger partial charge in [0, 0.05) is 36.5 Å². The number of ether oxygens (including phenoxy) is 1. The van der Waals surface area contributed by atoms with Crippen LogP contribution in [0, 0.1) is 12.7 Å². The van der Waals surface area contributed by atoms with Crippen molar-refractivity contribution in [3.05, 3.63) is 64.6 Å². The average molecular weight is 457 g/mol. The molecule has 0 saturated carbocycles. The van der Waals surface area contributed by atoms with E-state index < -0.39 is 11.9 Å². The number of nitrogens with two attached hydrogens (primary N) is 1. The van der Waals surface area contributed by atoms with Crippen molar-refractivity contribution in [2.24, 2.45) is 5.73 Å². The lowest BCUT2D eigenvalue weighted by Crippen LogP contribution is -2.31. The fourth-order valence-corrected chi connectivity index (χ4v) is 4.29. The molecule has 1 aliphatic rings.